The number of fused-ring (bicyclic) bond motifs is 1. The second-order valence-electron chi connectivity index (χ2n) is 6.67. The normalized spacial score (nSPS) is 14.9. The Morgan fingerprint density at radius 3 is 2.83 bits per heavy atom. The van der Waals surface area contributed by atoms with Gasteiger partial charge in [-0.05, 0) is 41.8 Å². The number of ether oxygens (including phenoxy) is 1. The Morgan fingerprint density at radius 1 is 1.24 bits per heavy atom. The first-order valence-electron chi connectivity index (χ1n) is 9.12. The highest BCUT2D eigenvalue weighted by Crippen LogP contribution is 2.24. The van der Waals surface area contributed by atoms with Crippen LogP contribution in [0.1, 0.15) is 17.5 Å². The van der Waals surface area contributed by atoms with E-state index < -0.39 is 18.5 Å². The molecule has 2 aromatic rings. The van der Waals surface area contributed by atoms with Crippen molar-refractivity contribution in [1.29, 1.82) is 0 Å². The fraction of sp³-hybridized carbons (Fsp3) is 0.182. The van der Waals surface area contributed by atoms with Crippen LogP contribution in [0, 0.1) is 0 Å². The number of carboxylic acid groups (broad SMARTS) is 1. The molecule has 0 saturated carbocycles. The zero-order valence-electron chi connectivity index (χ0n) is 15.7. The van der Waals surface area contributed by atoms with Crippen LogP contribution >= 0.6 is 0 Å². The number of rotatable bonds is 7. The molecule has 2 aromatic carbocycles. The number of carbonyl (C=O) groups is 2. The van der Waals surface area contributed by atoms with E-state index in [9.17, 15) is 14.7 Å². The molecule has 0 spiro atoms. The van der Waals surface area contributed by atoms with E-state index in [1.807, 2.05) is 24.3 Å². The molecule has 0 saturated heterocycles. The Morgan fingerprint density at radius 2 is 2.03 bits per heavy atom. The number of anilines is 1. The van der Waals surface area contributed by atoms with Crippen molar-refractivity contribution in [1.82, 2.24) is 0 Å². The van der Waals surface area contributed by atoms with E-state index in [-0.39, 0.29) is 12.5 Å². The number of hydrogen-bond donors (Lipinski definition) is 4. The fourth-order valence-corrected chi connectivity index (χ4v) is 2.97. The van der Waals surface area contributed by atoms with Crippen molar-refractivity contribution < 1.29 is 24.5 Å². The Hall–Kier alpha value is -3.58. The van der Waals surface area contributed by atoms with Gasteiger partial charge in [-0.2, -0.15) is 0 Å². The molecule has 0 fully saturated rings. The first-order valence-corrected chi connectivity index (χ1v) is 9.12. The van der Waals surface area contributed by atoms with Gasteiger partial charge in [0.1, 0.15) is 12.4 Å². The zero-order chi connectivity index (χ0) is 20.8. The molecule has 29 heavy (non-hydrogen) atoms. The van der Waals surface area contributed by atoms with Gasteiger partial charge in [-0.3, -0.25) is 9.59 Å². The van der Waals surface area contributed by atoms with Crippen LogP contribution in [0.25, 0.3) is 6.08 Å². The number of amides is 1. The highest BCUT2D eigenvalue weighted by Gasteiger charge is 2.17. The van der Waals surface area contributed by atoms with Crippen molar-refractivity contribution in [2.45, 2.75) is 18.9 Å². The molecule has 150 valence electrons. The maximum Gasteiger partial charge on any atom is 0.306 e. The van der Waals surface area contributed by atoms with Gasteiger partial charge in [0, 0.05) is 11.4 Å². The molecule has 1 aliphatic heterocycles. The number of aliphatic hydroxyl groups is 1. The first-order chi connectivity index (χ1) is 13.9. The maximum atomic E-state index is 12.5. The number of benzene rings is 2. The molecular formula is C22H22N2O5. The first kappa shape index (κ1) is 20.2. The third-order valence-electron chi connectivity index (χ3n) is 4.38. The van der Waals surface area contributed by atoms with E-state index >= 15 is 0 Å². The van der Waals surface area contributed by atoms with Crippen molar-refractivity contribution in [2.75, 3.05) is 11.9 Å². The van der Waals surface area contributed by atoms with E-state index in [4.69, 9.17) is 15.6 Å². The molecule has 1 atom stereocenters. The standard InChI is InChI=1S/C22H22N2O5/c23-19(18-9-8-15-5-1-2-7-20(15)24-22(18)28)11-14-4-3-6-17(10-14)29-13-16(25)12-21(26)27/h1-7,9-11,16,25H,8,12-13,23H2,(H,24,28)(H,26,27)/b19-11-. The van der Waals surface area contributed by atoms with Crippen molar-refractivity contribution in [3.8, 4) is 5.75 Å². The average Bonchev–Trinajstić information content (AvgIpc) is 2.84. The van der Waals surface area contributed by atoms with Gasteiger partial charge in [-0.25, -0.2) is 0 Å². The largest absolute Gasteiger partial charge is 0.491 e. The van der Waals surface area contributed by atoms with Gasteiger partial charge in [0.2, 0.25) is 0 Å². The summed E-state index contributed by atoms with van der Waals surface area (Å²) in [6.45, 7) is -0.138. The van der Waals surface area contributed by atoms with Gasteiger partial charge in [-0.1, -0.05) is 36.4 Å². The van der Waals surface area contributed by atoms with Crippen molar-refractivity contribution >= 4 is 23.6 Å². The summed E-state index contributed by atoms with van der Waals surface area (Å²) in [5.74, 6) is -0.904. The van der Waals surface area contributed by atoms with E-state index in [2.05, 4.69) is 5.32 Å². The van der Waals surface area contributed by atoms with Crippen LogP contribution in [0.5, 0.6) is 5.75 Å². The lowest BCUT2D eigenvalue weighted by atomic mass is 10.1. The summed E-state index contributed by atoms with van der Waals surface area (Å²) in [6, 6.07) is 14.5. The third kappa shape index (κ3) is 5.46. The Kier molecular flexibility index (Phi) is 6.31. The fourth-order valence-electron chi connectivity index (χ4n) is 2.97. The number of allylic oxidation sites excluding steroid dienone is 1. The molecule has 0 radical (unpaired) electrons. The number of para-hydroxylation sites is 1. The van der Waals surface area contributed by atoms with Gasteiger partial charge in [-0.15, -0.1) is 0 Å². The number of aliphatic carboxylic acids is 1. The maximum absolute atomic E-state index is 12.5. The number of nitrogens with one attached hydrogen (secondary N) is 1. The molecule has 7 heteroatoms. The number of carbonyl (C=O) groups excluding carboxylic acids is 1. The van der Waals surface area contributed by atoms with Crippen LogP contribution in [0.2, 0.25) is 0 Å². The lowest BCUT2D eigenvalue weighted by Gasteiger charge is -2.11. The third-order valence-corrected chi connectivity index (χ3v) is 4.38. The lowest BCUT2D eigenvalue weighted by molar-refractivity contribution is -0.139. The van der Waals surface area contributed by atoms with Gasteiger partial charge < -0.3 is 26.0 Å². The minimum Gasteiger partial charge on any atom is -0.491 e. The van der Waals surface area contributed by atoms with E-state index in [0.29, 0.717) is 29.0 Å². The summed E-state index contributed by atoms with van der Waals surface area (Å²) in [7, 11) is 0. The molecule has 7 nitrogen and oxygen atoms in total. The lowest BCUT2D eigenvalue weighted by Crippen LogP contribution is -2.21. The summed E-state index contributed by atoms with van der Waals surface area (Å²) in [4.78, 5) is 23.1. The summed E-state index contributed by atoms with van der Waals surface area (Å²) < 4.78 is 5.44. The highest BCUT2D eigenvalue weighted by molar-refractivity contribution is 6.08. The summed E-state index contributed by atoms with van der Waals surface area (Å²) in [5, 5.41) is 21.1. The van der Waals surface area contributed by atoms with E-state index in [0.717, 1.165) is 11.3 Å². The van der Waals surface area contributed by atoms with E-state index in [1.165, 1.54) is 0 Å². The van der Waals surface area contributed by atoms with Crippen molar-refractivity contribution in [3.05, 3.63) is 77.0 Å². The monoisotopic (exact) mass is 394 g/mol. The molecule has 1 aliphatic rings. The summed E-state index contributed by atoms with van der Waals surface area (Å²) >= 11 is 0. The molecule has 3 rings (SSSR count). The molecule has 1 heterocycles. The number of carboxylic acids is 1. The smallest absolute Gasteiger partial charge is 0.306 e. The average molecular weight is 394 g/mol. The predicted octanol–water partition coefficient (Wildman–Crippen LogP) is 2.32. The minimum atomic E-state index is -1.10. The second kappa shape index (κ2) is 9.07. The SMILES string of the molecule is N/C(=C\c1cccc(OCC(O)CC(=O)O)c1)C1=CCc2ccccc2NC1=O. The van der Waals surface area contributed by atoms with Gasteiger partial charge >= 0.3 is 5.97 Å². The Balaban J connectivity index is 1.72. The molecular weight excluding hydrogens is 372 g/mol. The topological polar surface area (TPSA) is 122 Å². The van der Waals surface area contributed by atoms with Gasteiger partial charge in [0.25, 0.3) is 5.91 Å². The Labute approximate surface area is 168 Å². The summed E-state index contributed by atoms with van der Waals surface area (Å²) in [5.41, 5.74) is 9.39. The minimum absolute atomic E-state index is 0.138. The predicted molar refractivity (Wildman–Crippen MR) is 109 cm³/mol. The molecule has 0 aliphatic carbocycles. The number of hydrogen-bond acceptors (Lipinski definition) is 5. The molecule has 0 aromatic heterocycles. The van der Waals surface area contributed by atoms with Crippen molar-refractivity contribution in [2.24, 2.45) is 5.73 Å². The summed E-state index contributed by atoms with van der Waals surface area (Å²) in [6.07, 6.45) is 2.57. The van der Waals surface area contributed by atoms with Crippen LogP contribution < -0.4 is 15.8 Å². The molecule has 0 bridgehead atoms. The number of nitrogens with two attached hydrogens (primary N) is 1. The van der Waals surface area contributed by atoms with Gasteiger partial charge in [0.05, 0.1) is 18.1 Å². The molecule has 1 amide bonds. The molecule has 5 N–H and O–H groups in total. The van der Waals surface area contributed by atoms with Crippen LogP contribution in [0.15, 0.2) is 65.9 Å². The Bertz CT molecular complexity index is 981. The molecule has 1 unspecified atom stereocenters. The van der Waals surface area contributed by atoms with Crippen LogP contribution in [0.4, 0.5) is 5.69 Å². The van der Waals surface area contributed by atoms with Crippen molar-refractivity contribution in [3.63, 3.8) is 0 Å². The number of aliphatic hydroxyl groups excluding tert-OH is 1. The quantitative estimate of drug-likeness (QED) is 0.572. The van der Waals surface area contributed by atoms with Crippen LogP contribution in [-0.4, -0.2) is 34.8 Å². The van der Waals surface area contributed by atoms with E-state index in [1.54, 1.807) is 36.4 Å². The van der Waals surface area contributed by atoms with Crippen LogP contribution in [0.3, 0.4) is 0 Å². The highest BCUT2D eigenvalue weighted by atomic mass is 16.5. The second-order valence-corrected chi connectivity index (χ2v) is 6.67. The zero-order valence-corrected chi connectivity index (χ0v) is 15.7. The van der Waals surface area contributed by atoms with Crippen LogP contribution in [-0.2, 0) is 16.0 Å². The van der Waals surface area contributed by atoms with Gasteiger partial charge in [0.15, 0.2) is 0 Å².